The molecule has 0 saturated heterocycles. The Morgan fingerprint density at radius 2 is 2.16 bits per heavy atom. The molecule has 4 nitrogen and oxygen atoms in total. The third-order valence-electron chi connectivity index (χ3n) is 3.48. The fourth-order valence-corrected chi connectivity index (χ4v) is 3.00. The lowest BCUT2D eigenvalue weighted by molar-refractivity contribution is 0.572. The van der Waals surface area contributed by atoms with Crippen LogP contribution in [0.1, 0.15) is 31.4 Å². The highest BCUT2D eigenvalue weighted by atomic mass is 32.2. The van der Waals surface area contributed by atoms with E-state index in [1.165, 1.54) is 16.8 Å². The predicted octanol–water partition coefficient (Wildman–Crippen LogP) is 1.91. The molecule has 0 bridgehead atoms. The molecule has 5 heteroatoms. The molecule has 1 aliphatic rings. The summed E-state index contributed by atoms with van der Waals surface area (Å²) < 4.78 is 26.0. The van der Waals surface area contributed by atoms with Gasteiger partial charge in [0.15, 0.2) is 0 Å². The van der Waals surface area contributed by atoms with Crippen LogP contribution in [0.15, 0.2) is 18.2 Å². The second-order valence-electron chi connectivity index (χ2n) is 5.22. The highest BCUT2D eigenvalue weighted by Gasteiger charge is 2.16. The Bertz CT molecular complexity index is 538. The molecule has 0 saturated carbocycles. The van der Waals surface area contributed by atoms with E-state index >= 15 is 0 Å². The van der Waals surface area contributed by atoms with Crippen molar-refractivity contribution in [1.82, 2.24) is 4.72 Å². The predicted molar refractivity (Wildman–Crippen MR) is 79.0 cm³/mol. The fourth-order valence-electron chi connectivity index (χ4n) is 2.28. The molecule has 1 aromatic rings. The minimum Gasteiger partial charge on any atom is -0.385 e. The molecule has 0 aliphatic carbocycles. The number of hydrogen-bond acceptors (Lipinski definition) is 3. The Kier molecular flexibility index (Phi) is 4.47. The van der Waals surface area contributed by atoms with Crippen LogP contribution in [0, 0.1) is 0 Å². The monoisotopic (exact) mass is 282 g/mol. The minimum absolute atomic E-state index is 0.379. The molecule has 1 aromatic carbocycles. The van der Waals surface area contributed by atoms with Crippen molar-refractivity contribution in [2.45, 2.75) is 38.4 Å². The minimum atomic E-state index is -3.16. The van der Waals surface area contributed by atoms with E-state index in [0.29, 0.717) is 6.54 Å². The van der Waals surface area contributed by atoms with Crippen molar-refractivity contribution in [1.29, 1.82) is 0 Å². The van der Waals surface area contributed by atoms with Gasteiger partial charge in [0, 0.05) is 18.8 Å². The van der Waals surface area contributed by atoms with Crippen LogP contribution in [0.4, 0.5) is 5.69 Å². The van der Waals surface area contributed by atoms with E-state index < -0.39 is 10.0 Å². The van der Waals surface area contributed by atoms with Gasteiger partial charge < -0.3 is 5.32 Å². The average Bonchev–Trinajstić information content (AvgIpc) is 2.38. The summed E-state index contributed by atoms with van der Waals surface area (Å²) in [5.74, 6) is 0. The molecule has 0 radical (unpaired) electrons. The van der Waals surface area contributed by atoms with Gasteiger partial charge >= 0.3 is 0 Å². The molecule has 2 N–H and O–H groups in total. The Hall–Kier alpha value is -1.07. The fraction of sp³-hybridized carbons (Fsp3) is 0.571. The highest BCUT2D eigenvalue weighted by molar-refractivity contribution is 7.90. The van der Waals surface area contributed by atoms with Crippen molar-refractivity contribution in [2.24, 2.45) is 0 Å². The summed E-state index contributed by atoms with van der Waals surface area (Å²) in [5, 5.41) is 3.05. The molecule has 0 aromatic heterocycles. The van der Waals surface area contributed by atoms with Crippen LogP contribution < -0.4 is 10.0 Å². The van der Waals surface area contributed by atoms with Gasteiger partial charge in [0.05, 0.1) is 5.25 Å². The van der Waals surface area contributed by atoms with Crippen molar-refractivity contribution in [2.75, 3.05) is 18.4 Å². The number of nitrogens with one attached hydrogen (secondary N) is 2. The average molecular weight is 282 g/mol. The molecule has 0 atom stereocenters. The number of para-hydroxylation sites is 1. The van der Waals surface area contributed by atoms with Crippen LogP contribution in [0.3, 0.4) is 0 Å². The smallest absolute Gasteiger partial charge is 0.213 e. The molecule has 2 rings (SSSR count). The van der Waals surface area contributed by atoms with E-state index in [1.807, 2.05) is 0 Å². The molecule has 106 valence electrons. The largest absolute Gasteiger partial charge is 0.385 e. The summed E-state index contributed by atoms with van der Waals surface area (Å²) in [4.78, 5) is 0. The van der Waals surface area contributed by atoms with Gasteiger partial charge in [-0.2, -0.15) is 0 Å². The highest BCUT2D eigenvalue weighted by Crippen LogP contribution is 2.26. The molecule has 0 unspecified atom stereocenters. The summed E-state index contributed by atoms with van der Waals surface area (Å²) in [6.07, 6.45) is 2.99. The van der Waals surface area contributed by atoms with Crippen molar-refractivity contribution < 1.29 is 8.42 Å². The number of hydrogen-bond donors (Lipinski definition) is 2. The lowest BCUT2D eigenvalue weighted by atomic mass is 9.98. The normalized spacial score (nSPS) is 15.1. The van der Waals surface area contributed by atoms with Crippen LogP contribution in [-0.2, 0) is 22.9 Å². The van der Waals surface area contributed by atoms with Gasteiger partial charge in [-0.15, -0.1) is 0 Å². The van der Waals surface area contributed by atoms with E-state index in [0.717, 1.165) is 25.8 Å². The molecule has 0 amide bonds. The van der Waals surface area contributed by atoms with Crippen molar-refractivity contribution in [3.63, 3.8) is 0 Å². The second-order valence-corrected chi connectivity index (χ2v) is 7.54. The topological polar surface area (TPSA) is 58.2 Å². The third kappa shape index (κ3) is 3.48. The van der Waals surface area contributed by atoms with Gasteiger partial charge in [0.2, 0.25) is 10.0 Å². The lowest BCUT2D eigenvalue weighted by Crippen LogP contribution is -2.32. The molecule has 19 heavy (non-hydrogen) atoms. The van der Waals surface area contributed by atoms with Crippen molar-refractivity contribution >= 4 is 15.7 Å². The van der Waals surface area contributed by atoms with Crippen LogP contribution in [-0.4, -0.2) is 26.8 Å². The van der Waals surface area contributed by atoms with Gasteiger partial charge in [0.25, 0.3) is 0 Å². The zero-order valence-electron chi connectivity index (χ0n) is 11.6. The van der Waals surface area contributed by atoms with Gasteiger partial charge in [-0.05, 0) is 44.2 Å². The van der Waals surface area contributed by atoms with Gasteiger partial charge in [-0.3, -0.25) is 0 Å². The number of rotatable bonds is 5. The quantitative estimate of drug-likeness (QED) is 0.867. The lowest BCUT2D eigenvalue weighted by Gasteiger charge is -2.21. The molecule has 1 aliphatic heterocycles. The SMILES string of the molecule is CC(C)S(=O)(=O)NCCc1cccc2c1NCCC2. The Morgan fingerprint density at radius 1 is 1.37 bits per heavy atom. The molecular formula is C14H22N2O2S. The second kappa shape index (κ2) is 5.92. The number of aryl methyl sites for hydroxylation is 1. The maximum atomic E-state index is 11.7. The standard InChI is InChI=1S/C14H22N2O2S/c1-11(2)19(17,18)16-10-8-13-6-3-5-12-7-4-9-15-14(12)13/h3,5-6,11,15-16H,4,7-10H2,1-2H3. The first-order chi connectivity index (χ1) is 9.00. The van der Waals surface area contributed by atoms with E-state index in [1.54, 1.807) is 13.8 Å². The maximum Gasteiger partial charge on any atom is 0.213 e. The Balaban J connectivity index is 2.01. The molecular weight excluding hydrogens is 260 g/mol. The maximum absolute atomic E-state index is 11.7. The number of benzene rings is 1. The van der Waals surface area contributed by atoms with Gasteiger partial charge in [-0.25, -0.2) is 13.1 Å². The zero-order valence-corrected chi connectivity index (χ0v) is 12.4. The number of anilines is 1. The molecule has 0 fully saturated rings. The van der Waals surface area contributed by atoms with Crippen LogP contribution in [0.5, 0.6) is 0 Å². The summed E-state index contributed by atoms with van der Waals surface area (Å²) in [5.41, 5.74) is 3.75. The van der Waals surface area contributed by atoms with E-state index in [2.05, 4.69) is 28.2 Å². The Morgan fingerprint density at radius 3 is 2.89 bits per heavy atom. The summed E-state index contributed by atoms with van der Waals surface area (Å²) in [6, 6.07) is 6.27. The summed E-state index contributed by atoms with van der Waals surface area (Å²) >= 11 is 0. The van der Waals surface area contributed by atoms with E-state index in [4.69, 9.17) is 0 Å². The molecule has 1 heterocycles. The van der Waals surface area contributed by atoms with Crippen LogP contribution >= 0.6 is 0 Å². The number of sulfonamides is 1. The summed E-state index contributed by atoms with van der Waals surface area (Å²) in [7, 11) is -3.16. The third-order valence-corrected chi connectivity index (χ3v) is 5.33. The summed E-state index contributed by atoms with van der Waals surface area (Å²) in [6.45, 7) is 4.84. The first-order valence-corrected chi connectivity index (χ1v) is 8.38. The van der Waals surface area contributed by atoms with Gasteiger partial charge in [0.1, 0.15) is 0 Å². The van der Waals surface area contributed by atoms with Crippen molar-refractivity contribution in [3.8, 4) is 0 Å². The number of fused-ring (bicyclic) bond motifs is 1. The van der Waals surface area contributed by atoms with Gasteiger partial charge in [-0.1, -0.05) is 18.2 Å². The zero-order chi connectivity index (χ0) is 13.9. The van der Waals surface area contributed by atoms with Crippen LogP contribution in [0.2, 0.25) is 0 Å². The van der Waals surface area contributed by atoms with E-state index in [-0.39, 0.29) is 5.25 Å². The Labute approximate surface area is 115 Å². The van der Waals surface area contributed by atoms with Crippen molar-refractivity contribution in [3.05, 3.63) is 29.3 Å². The van der Waals surface area contributed by atoms with E-state index in [9.17, 15) is 8.42 Å². The first-order valence-electron chi connectivity index (χ1n) is 6.84. The van der Waals surface area contributed by atoms with Crippen LogP contribution in [0.25, 0.3) is 0 Å². The molecule has 0 spiro atoms. The first kappa shape index (κ1) is 14.3.